The average Bonchev–Trinajstić information content (AvgIpc) is 3.03. The zero-order valence-corrected chi connectivity index (χ0v) is 16.2. The number of sulfonamides is 1. The topological polar surface area (TPSA) is 93.5 Å². The number of amides is 1. The van der Waals surface area contributed by atoms with Gasteiger partial charge in [0.2, 0.25) is 15.9 Å². The molecule has 0 aliphatic carbocycles. The second-order valence-corrected chi connectivity index (χ2v) is 7.59. The van der Waals surface area contributed by atoms with Gasteiger partial charge in [-0.3, -0.25) is 4.79 Å². The normalized spacial score (nSPS) is 11.6. The summed E-state index contributed by atoms with van der Waals surface area (Å²) in [6.45, 7) is 4.58. The molecule has 2 heterocycles. The fourth-order valence-corrected chi connectivity index (χ4v) is 4.05. The summed E-state index contributed by atoms with van der Waals surface area (Å²) in [6.07, 6.45) is 3.07. The molecule has 9 heteroatoms. The third kappa shape index (κ3) is 4.23. The summed E-state index contributed by atoms with van der Waals surface area (Å²) in [5, 5.41) is 2.77. The number of nitrogens with zero attached hydrogens (tertiary/aromatic N) is 3. The van der Waals surface area contributed by atoms with Crippen LogP contribution in [0.2, 0.25) is 0 Å². The van der Waals surface area contributed by atoms with Gasteiger partial charge in [-0.15, -0.1) is 0 Å². The van der Waals surface area contributed by atoms with Crippen molar-refractivity contribution in [3.63, 3.8) is 0 Å². The van der Waals surface area contributed by atoms with Gasteiger partial charge in [-0.2, -0.15) is 4.31 Å². The van der Waals surface area contributed by atoms with Crippen molar-refractivity contribution in [1.82, 2.24) is 19.2 Å². The average molecular weight is 380 g/mol. The molecule has 2 aromatic heterocycles. The van der Waals surface area contributed by atoms with Gasteiger partial charge in [0.25, 0.3) is 5.91 Å². The lowest BCUT2D eigenvalue weighted by molar-refractivity contribution is 0.0942. The van der Waals surface area contributed by atoms with Crippen molar-refractivity contribution in [1.29, 1.82) is 0 Å². The monoisotopic (exact) mass is 380 g/mol. The van der Waals surface area contributed by atoms with Crippen LogP contribution in [0.15, 0.2) is 35.5 Å². The van der Waals surface area contributed by atoms with Gasteiger partial charge in [-0.05, 0) is 11.6 Å². The lowest BCUT2D eigenvalue weighted by atomic mass is 10.3. The Bertz CT molecular complexity index is 855. The van der Waals surface area contributed by atoms with E-state index in [1.807, 2.05) is 0 Å². The highest BCUT2D eigenvalue weighted by Crippen LogP contribution is 2.18. The fraction of sp³-hybridized carbons (Fsp3) is 0.412. The maximum absolute atomic E-state index is 12.6. The van der Waals surface area contributed by atoms with Crippen LogP contribution in [0, 0.1) is 0 Å². The molecule has 1 amide bonds. The summed E-state index contributed by atoms with van der Waals surface area (Å²) in [7, 11) is -0.428. The van der Waals surface area contributed by atoms with E-state index in [1.54, 1.807) is 39.2 Å². The first-order chi connectivity index (χ1) is 12.3. The van der Waals surface area contributed by atoms with Gasteiger partial charge >= 0.3 is 0 Å². The van der Waals surface area contributed by atoms with Crippen LogP contribution >= 0.6 is 0 Å². The van der Waals surface area contributed by atoms with E-state index in [1.165, 1.54) is 28.2 Å². The van der Waals surface area contributed by atoms with E-state index in [0.717, 1.165) is 5.56 Å². The number of aryl methyl sites for hydroxylation is 1. The van der Waals surface area contributed by atoms with Gasteiger partial charge in [-0.1, -0.05) is 19.9 Å². The van der Waals surface area contributed by atoms with Gasteiger partial charge in [0.15, 0.2) is 0 Å². The summed E-state index contributed by atoms with van der Waals surface area (Å²) >= 11 is 0. The van der Waals surface area contributed by atoms with Gasteiger partial charge in [0, 0.05) is 45.1 Å². The lowest BCUT2D eigenvalue weighted by Crippen LogP contribution is -2.30. The molecule has 0 aliphatic rings. The van der Waals surface area contributed by atoms with E-state index in [2.05, 4.69) is 10.3 Å². The summed E-state index contributed by atoms with van der Waals surface area (Å²) < 4.78 is 33.0. The molecule has 2 rings (SSSR count). The molecule has 0 aliphatic heterocycles. The molecule has 0 fully saturated rings. The minimum absolute atomic E-state index is 0.111. The summed E-state index contributed by atoms with van der Waals surface area (Å²) in [5.41, 5.74) is 1.08. The molecule has 142 valence electrons. The molecule has 26 heavy (non-hydrogen) atoms. The third-order valence-electron chi connectivity index (χ3n) is 4.02. The molecular formula is C17H24N4O4S. The van der Waals surface area contributed by atoms with Gasteiger partial charge in [0.05, 0.1) is 7.11 Å². The minimum Gasteiger partial charge on any atom is -0.481 e. The van der Waals surface area contributed by atoms with E-state index in [0.29, 0.717) is 19.0 Å². The van der Waals surface area contributed by atoms with E-state index < -0.39 is 10.0 Å². The molecule has 0 radical (unpaired) electrons. The first-order valence-electron chi connectivity index (χ1n) is 8.27. The predicted octanol–water partition coefficient (Wildman–Crippen LogP) is 1.39. The molecular weight excluding hydrogens is 356 g/mol. The molecule has 0 saturated heterocycles. The SMILES string of the molecule is CCN(CC)S(=O)(=O)c1cc(C(=O)NCc2ccc(OC)nc2)n(C)c1. The Labute approximate surface area is 153 Å². The van der Waals surface area contributed by atoms with Crippen molar-refractivity contribution >= 4 is 15.9 Å². The Hall–Kier alpha value is -2.39. The molecule has 1 N–H and O–H groups in total. The Morgan fingerprint density at radius 3 is 2.54 bits per heavy atom. The number of ether oxygens (including phenoxy) is 1. The molecule has 0 atom stereocenters. The number of carbonyl (C=O) groups excluding carboxylic acids is 1. The number of nitrogens with one attached hydrogen (secondary N) is 1. The first kappa shape index (κ1) is 19.9. The fourth-order valence-electron chi connectivity index (χ4n) is 2.52. The van der Waals surface area contributed by atoms with Gasteiger partial charge in [0.1, 0.15) is 10.6 Å². The Morgan fingerprint density at radius 1 is 1.31 bits per heavy atom. The van der Waals surface area contributed by atoms with Crippen LogP contribution in [0.4, 0.5) is 0 Å². The minimum atomic E-state index is -3.60. The second-order valence-electron chi connectivity index (χ2n) is 5.65. The third-order valence-corrected chi connectivity index (χ3v) is 6.03. The first-order valence-corrected chi connectivity index (χ1v) is 9.71. The van der Waals surface area contributed by atoms with Crippen molar-refractivity contribution in [3.05, 3.63) is 41.9 Å². The smallest absolute Gasteiger partial charge is 0.268 e. The van der Waals surface area contributed by atoms with Crippen LogP contribution in [-0.4, -0.2) is 48.4 Å². The quantitative estimate of drug-likeness (QED) is 0.747. The van der Waals surface area contributed by atoms with Crippen molar-refractivity contribution in [2.75, 3.05) is 20.2 Å². The number of rotatable bonds is 8. The van der Waals surface area contributed by atoms with Crippen molar-refractivity contribution in [2.24, 2.45) is 7.05 Å². The number of aromatic nitrogens is 2. The van der Waals surface area contributed by atoms with Crippen molar-refractivity contribution in [3.8, 4) is 5.88 Å². The number of methoxy groups -OCH3 is 1. The number of hydrogen-bond acceptors (Lipinski definition) is 5. The van der Waals surface area contributed by atoms with E-state index in [9.17, 15) is 13.2 Å². The lowest BCUT2D eigenvalue weighted by Gasteiger charge is -2.17. The molecule has 0 aromatic carbocycles. The predicted molar refractivity (Wildman–Crippen MR) is 97.5 cm³/mol. The largest absolute Gasteiger partial charge is 0.481 e. The Balaban J connectivity index is 2.13. The van der Waals surface area contributed by atoms with Gasteiger partial charge < -0.3 is 14.6 Å². The number of carbonyl (C=O) groups is 1. The highest BCUT2D eigenvalue weighted by molar-refractivity contribution is 7.89. The molecule has 0 spiro atoms. The number of hydrogen-bond donors (Lipinski definition) is 1. The van der Waals surface area contributed by atoms with Gasteiger partial charge in [-0.25, -0.2) is 13.4 Å². The summed E-state index contributed by atoms with van der Waals surface area (Å²) in [4.78, 5) is 16.6. The van der Waals surface area contributed by atoms with Crippen LogP contribution in [-0.2, 0) is 23.6 Å². The van der Waals surface area contributed by atoms with E-state index in [4.69, 9.17) is 4.74 Å². The van der Waals surface area contributed by atoms with Crippen LogP contribution in [0.5, 0.6) is 5.88 Å². The molecule has 0 unspecified atom stereocenters. The van der Waals surface area contributed by atoms with Crippen LogP contribution in [0.1, 0.15) is 29.9 Å². The summed E-state index contributed by atoms with van der Waals surface area (Å²) in [5.74, 6) is 0.137. The maximum Gasteiger partial charge on any atom is 0.268 e. The highest BCUT2D eigenvalue weighted by Gasteiger charge is 2.25. The summed E-state index contributed by atoms with van der Waals surface area (Å²) in [6, 6.07) is 4.90. The van der Waals surface area contributed by atoms with E-state index in [-0.39, 0.29) is 23.0 Å². The van der Waals surface area contributed by atoms with Crippen LogP contribution < -0.4 is 10.1 Å². The number of pyridine rings is 1. The van der Waals surface area contributed by atoms with E-state index >= 15 is 0 Å². The van der Waals surface area contributed by atoms with Crippen LogP contribution in [0.3, 0.4) is 0 Å². The maximum atomic E-state index is 12.6. The molecule has 0 saturated carbocycles. The zero-order valence-electron chi connectivity index (χ0n) is 15.4. The van der Waals surface area contributed by atoms with Crippen LogP contribution in [0.25, 0.3) is 0 Å². The molecule has 8 nitrogen and oxygen atoms in total. The molecule has 0 bridgehead atoms. The second kappa shape index (κ2) is 8.33. The molecule has 2 aromatic rings. The van der Waals surface area contributed by atoms with Crippen molar-refractivity contribution < 1.29 is 17.9 Å². The Morgan fingerprint density at radius 2 is 2.00 bits per heavy atom. The standard InChI is InChI=1S/C17H24N4O4S/c1-5-21(6-2)26(23,24)14-9-15(20(3)12-14)17(22)19-11-13-7-8-16(25-4)18-10-13/h7-10,12H,5-6,11H2,1-4H3,(H,19,22). The Kier molecular flexibility index (Phi) is 6.38. The zero-order chi connectivity index (χ0) is 19.3. The van der Waals surface area contributed by atoms with Crippen molar-refractivity contribution in [2.45, 2.75) is 25.3 Å². The highest BCUT2D eigenvalue weighted by atomic mass is 32.2.